The standard InChI is InChI=1S/C21H23F2NO2/c22-19-8-4-7-16(20(19)23)9-21(25)10-17-13-26-14-18(11-21)24(17)12-15-5-2-1-3-6-15/h1-8,17-18,25H,9-14H2. The van der Waals surface area contributed by atoms with Gasteiger partial charge in [-0.05, 0) is 30.0 Å². The van der Waals surface area contributed by atoms with Crippen LogP contribution < -0.4 is 0 Å². The van der Waals surface area contributed by atoms with E-state index in [2.05, 4.69) is 17.0 Å². The fraction of sp³-hybridized carbons (Fsp3) is 0.429. The maximum atomic E-state index is 14.1. The van der Waals surface area contributed by atoms with Gasteiger partial charge >= 0.3 is 0 Å². The first kappa shape index (κ1) is 17.6. The van der Waals surface area contributed by atoms with E-state index in [1.165, 1.54) is 11.6 Å². The van der Waals surface area contributed by atoms with Crippen LogP contribution in [0.2, 0.25) is 0 Å². The predicted octanol–water partition coefficient (Wildman–Crippen LogP) is 3.30. The number of benzene rings is 2. The largest absolute Gasteiger partial charge is 0.389 e. The number of piperidine rings is 1. The second-order valence-electron chi connectivity index (χ2n) is 7.53. The van der Waals surface area contributed by atoms with Gasteiger partial charge in [-0.15, -0.1) is 0 Å². The van der Waals surface area contributed by atoms with Crippen LogP contribution in [0.25, 0.3) is 0 Å². The van der Waals surface area contributed by atoms with Gasteiger partial charge in [0.1, 0.15) is 0 Å². The van der Waals surface area contributed by atoms with Crippen molar-refractivity contribution < 1.29 is 18.6 Å². The van der Waals surface area contributed by atoms with Crippen molar-refractivity contribution in [1.29, 1.82) is 0 Å². The number of halogens is 2. The number of fused-ring (bicyclic) bond motifs is 2. The number of morpholine rings is 1. The zero-order valence-electron chi connectivity index (χ0n) is 14.6. The van der Waals surface area contributed by atoms with E-state index in [4.69, 9.17) is 4.74 Å². The van der Waals surface area contributed by atoms with Gasteiger partial charge in [0.15, 0.2) is 11.6 Å². The van der Waals surface area contributed by atoms with Gasteiger partial charge in [0.25, 0.3) is 0 Å². The SMILES string of the molecule is OC1(Cc2cccc(F)c2F)CC2COCC(C1)N2Cc1ccccc1. The fourth-order valence-electron chi connectivity index (χ4n) is 4.38. The lowest BCUT2D eigenvalue weighted by molar-refractivity contribution is -0.145. The minimum absolute atomic E-state index is 0.0735. The molecule has 1 N–H and O–H groups in total. The summed E-state index contributed by atoms with van der Waals surface area (Å²) in [6.07, 6.45) is 1.11. The van der Waals surface area contributed by atoms with Crippen LogP contribution in [0.3, 0.4) is 0 Å². The zero-order valence-corrected chi connectivity index (χ0v) is 14.6. The first-order chi connectivity index (χ1) is 12.5. The van der Waals surface area contributed by atoms with Gasteiger partial charge in [0, 0.05) is 25.0 Å². The van der Waals surface area contributed by atoms with Gasteiger partial charge in [0.2, 0.25) is 0 Å². The number of nitrogens with zero attached hydrogens (tertiary/aromatic N) is 1. The van der Waals surface area contributed by atoms with E-state index < -0.39 is 17.2 Å². The van der Waals surface area contributed by atoms with Crippen molar-refractivity contribution in [2.24, 2.45) is 0 Å². The Hall–Kier alpha value is -1.82. The highest BCUT2D eigenvalue weighted by molar-refractivity contribution is 5.22. The topological polar surface area (TPSA) is 32.7 Å². The van der Waals surface area contributed by atoms with Gasteiger partial charge in [0.05, 0.1) is 18.8 Å². The van der Waals surface area contributed by atoms with Crippen LogP contribution in [-0.2, 0) is 17.7 Å². The van der Waals surface area contributed by atoms with Crippen LogP contribution in [-0.4, -0.2) is 40.9 Å². The zero-order chi connectivity index (χ0) is 18.1. The second-order valence-corrected chi connectivity index (χ2v) is 7.53. The van der Waals surface area contributed by atoms with Crippen molar-refractivity contribution in [2.45, 2.75) is 43.5 Å². The van der Waals surface area contributed by atoms with Gasteiger partial charge in [-0.25, -0.2) is 8.78 Å². The Morgan fingerprint density at radius 2 is 1.69 bits per heavy atom. The smallest absolute Gasteiger partial charge is 0.162 e. The van der Waals surface area contributed by atoms with Crippen LogP contribution in [0.1, 0.15) is 24.0 Å². The molecule has 2 aromatic carbocycles. The minimum Gasteiger partial charge on any atom is -0.389 e. The highest BCUT2D eigenvalue weighted by atomic mass is 19.2. The van der Waals surface area contributed by atoms with Crippen molar-refractivity contribution in [3.05, 3.63) is 71.3 Å². The molecule has 0 aliphatic carbocycles. The Labute approximate surface area is 152 Å². The molecule has 0 aromatic heterocycles. The van der Waals surface area contributed by atoms with Crippen LogP contribution in [0.5, 0.6) is 0 Å². The molecule has 2 saturated heterocycles. The molecular weight excluding hydrogens is 336 g/mol. The Balaban J connectivity index is 1.52. The summed E-state index contributed by atoms with van der Waals surface area (Å²) in [7, 11) is 0. The Kier molecular flexibility index (Phi) is 4.78. The lowest BCUT2D eigenvalue weighted by Crippen LogP contribution is -2.61. The quantitative estimate of drug-likeness (QED) is 0.909. The first-order valence-electron chi connectivity index (χ1n) is 9.07. The van der Waals surface area contributed by atoms with Crippen molar-refractivity contribution in [3.63, 3.8) is 0 Å². The molecule has 138 valence electrons. The number of aliphatic hydroxyl groups is 1. The number of ether oxygens (including phenoxy) is 1. The Morgan fingerprint density at radius 3 is 2.38 bits per heavy atom. The average Bonchev–Trinajstić information content (AvgIpc) is 2.61. The van der Waals surface area contributed by atoms with Crippen molar-refractivity contribution in [1.82, 2.24) is 4.90 Å². The van der Waals surface area contributed by atoms with Crippen LogP contribution in [0.15, 0.2) is 48.5 Å². The van der Waals surface area contributed by atoms with Gasteiger partial charge < -0.3 is 9.84 Å². The molecule has 0 spiro atoms. The summed E-state index contributed by atoms with van der Waals surface area (Å²) in [5.41, 5.74) is 0.426. The van der Waals surface area contributed by atoms with E-state index in [1.54, 1.807) is 6.07 Å². The lowest BCUT2D eigenvalue weighted by Gasteiger charge is -2.51. The molecule has 0 amide bonds. The summed E-state index contributed by atoms with van der Waals surface area (Å²) in [5.74, 6) is -1.72. The number of rotatable bonds is 4. The molecule has 26 heavy (non-hydrogen) atoms. The molecule has 3 nitrogen and oxygen atoms in total. The summed E-state index contributed by atoms with van der Waals surface area (Å²) >= 11 is 0. The molecule has 2 aliphatic rings. The molecule has 2 unspecified atom stereocenters. The monoisotopic (exact) mass is 359 g/mol. The Bertz CT molecular complexity index is 754. The molecule has 2 atom stereocenters. The molecule has 5 heteroatoms. The molecule has 2 heterocycles. The Morgan fingerprint density at radius 1 is 1.00 bits per heavy atom. The van der Waals surface area contributed by atoms with Gasteiger partial charge in [-0.2, -0.15) is 0 Å². The fourth-order valence-corrected chi connectivity index (χ4v) is 4.38. The highest BCUT2D eigenvalue weighted by Crippen LogP contribution is 2.37. The molecule has 4 rings (SSSR count). The summed E-state index contributed by atoms with van der Waals surface area (Å²) in [4.78, 5) is 2.38. The van der Waals surface area contributed by atoms with E-state index in [0.29, 0.717) is 26.1 Å². The summed E-state index contributed by atoms with van der Waals surface area (Å²) in [5, 5.41) is 11.2. The number of hydrogen-bond acceptors (Lipinski definition) is 3. The molecule has 2 aliphatic heterocycles. The predicted molar refractivity (Wildman–Crippen MR) is 94.6 cm³/mol. The molecular formula is C21H23F2NO2. The molecule has 0 saturated carbocycles. The molecule has 0 radical (unpaired) electrons. The molecule has 2 fully saturated rings. The normalized spacial score (nSPS) is 28.9. The molecule has 2 aromatic rings. The van der Waals surface area contributed by atoms with E-state index in [9.17, 15) is 13.9 Å². The average molecular weight is 359 g/mol. The second kappa shape index (κ2) is 7.06. The van der Waals surface area contributed by atoms with Crippen molar-refractivity contribution in [2.75, 3.05) is 13.2 Å². The van der Waals surface area contributed by atoms with Crippen LogP contribution >= 0.6 is 0 Å². The van der Waals surface area contributed by atoms with Crippen LogP contribution in [0, 0.1) is 11.6 Å². The first-order valence-corrected chi connectivity index (χ1v) is 9.07. The third kappa shape index (κ3) is 3.52. The third-order valence-electron chi connectivity index (χ3n) is 5.55. The maximum absolute atomic E-state index is 14.1. The van der Waals surface area contributed by atoms with E-state index in [-0.39, 0.29) is 24.1 Å². The third-order valence-corrected chi connectivity index (χ3v) is 5.55. The minimum atomic E-state index is -1.04. The summed E-state index contributed by atoms with van der Waals surface area (Å²) in [6.45, 7) is 1.92. The molecule has 2 bridgehead atoms. The lowest BCUT2D eigenvalue weighted by atomic mass is 9.77. The van der Waals surface area contributed by atoms with Crippen LogP contribution in [0.4, 0.5) is 8.78 Å². The maximum Gasteiger partial charge on any atom is 0.162 e. The van der Waals surface area contributed by atoms with E-state index >= 15 is 0 Å². The van der Waals surface area contributed by atoms with Crippen molar-refractivity contribution in [3.8, 4) is 0 Å². The van der Waals surface area contributed by atoms with Gasteiger partial charge in [-0.1, -0.05) is 42.5 Å². The highest BCUT2D eigenvalue weighted by Gasteiger charge is 2.46. The van der Waals surface area contributed by atoms with E-state index in [1.807, 2.05) is 18.2 Å². The van der Waals surface area contributed by atoms with Crippen molar-refractivity contribution >= 4 is 0 Å². The van der Waals surface area contributed by atoms with E-state index in [0.717, 1.165) is 12.6 Å². The summed E-state index contributed by atoms with van der Waals surface area (Å²) < 4.78 is 33.3. The number of hydrogen-bond donors (Lipinski definition) is 1. The summed E-state index contributed by atoms with van der Waals surface area (Å²) in [6, 6.07) is 14.5. The van der Waals surface area contributed by atoms with Gasteiger partial charge in [-0.3, -0.25) is 4.90 Å².